The molecule has 0 unspecified atom stereocenters. The molecule has 0 spiro atoms. The Balaban J connectivity index is 1.37. The van der Waals surface area contributed by atoms with Crippen molar-refractivity contribution >= 4 is 5.91 Å². The fraction of sp³-hybridized carbons (Fsp3) is 0.435. The molecule has 1 aliphatic rings. The van der Waals surface area contributed by atoms with Crippen molar-refractivity contribution in [2.45, 2.75) is 32.9 Å². The van der Waals surface area contributed by atoms with E-state index in [9.17, 15) is 4.79 Å². The molecule has 2 aromatic carbocycles. The number of carbonyl (C=O) groups is 1. The van der Waals surface area contributed by atoms with E-state index in [-0.39, 0.29) is 5.91 Å². The van der Waals surface area contributed by atoms with Crippen LogP contribution in [-0.4, -0.2) is 43.7 Å². The Morgan fingerprint density at radius 1 is 1.00 bits per heavy atom. The van der Waals surface area contributed by atoms with Crippen LogP contribution in [0, 0.1) is 0 Å². The molecular weight excluding hydrogens is 352 g/mol. The molecule has 5 heteroatoms. The minimum Gasteiger partial charge on any atom is -0.494 e. The van der Waals surface area contributed by atoms with Gasteiger partial charge < -0.3 is 14.8 Å². The standard InChI is InChI=1S/C23H30N2O3/c1-2-28-22-10-7-19(8-11-22)9-12-23(26)24-17-20-3-5-21(6-4-20)18-25-13-15-27-16-14-25/h3-8,10-11H,2,9,12-18H2,1H3,(H,24,26). The zero-order valence-corrected chi connectivity index (χ0v) is 16.7. The largest absolute Gasteiger partial charge is 0.494 e. The number of aryl methyl sites for hydroxylation is 1. The lowest BCUT2D eigenvalue weighted by Crippen LogP contribution is -2.35. The van der Waals surface area contributed by atoms with Crippen LogP contribution >= 0.6 is 0 Å². The number of carbonyl (C=O) groups excluding carboxylic acids is 1. The van der Waals surface area contributed by atoms with Gasteiger partial charge in [0.2, 0.25) is 5.91 Å². The van der Waals surface area contributed by atoms with E-state index < -0.39 is 0 Å². The highest BCUT2D eigenvalue weighted by molar-refractivity contribution is 5.76. The first-order valence-electron chi connectivity index (χ1n) is 10.1. The Morgan fingerprint density at radius 2 is 1.64 bits per heavy atom. The van der Waals surface area contributed by atoms with Gasteiger partial charge in [0.25, 0.3) is 0 Å². The number of amides is 1. The minimum absolute atomic E-state index is 0.0753. The fourth-order valence-corrected chi connectivity index (χ4v) is 3.25. The van der Waals surface area contributed by atoms with Crippen molar-refractivity contribution in [1.82, 2.24) is 10.2 Å². The first kappa shape index (κ1) is 20.4. The first-order chi connectivity index (χ1) is 13.7. The second-order valence-corrected chi connectivity index (χ2v) is 7.06. The number of benzene rings is 2. The predicted octanol–water partition coefficient (Wildman–Crippen LogP) is 3.17. The summed E-state index contributed by atoms with van der Waals surface area (Å²) in [5.74, 6) is 0.944. The van der Waals surface area contributed by atoms with Crippen LogP contribution in [0.4, 0.5) is 0 Å². The van der Waals surface area contributed by atoms with Gasteiger partial charge in [-0.3, -0.25) is 9.69 Å². The molecule has 0 atom stereocenters. The van der Waals surface area contributed by atoms with Crippen LogP contribution in [0.25, 0.3) is 0 Å². The van der Waals surface area contributed by atoms with Gasteiger partial charge in [0.1, 0.15) is 5.75 Å². The Kier molecular flexibility index (Phi) is 7.88. The molecule has 0 aromatic heterocycles. The highest BCUT2D eigenvalue weighted by Crippen LogP contribution is 2.13. The van der Waals surface area contributed by atoms with Crippen LogP contribution < -0.4 is 10.1 Å². The predicted molar refractivity (Wildman–Crippen MR) is 110 cm³/mol. The molecule has 2 aromatic rings. The summed E-state index contributed by atoms with van der Waals surface area (Å²) in [4.78, 5) is 14.5. The molecule has 1 fully saturated rings. The molecule has 1 aliphatic heterocycles. The number of hydrogen-bond acceptors (Lipinski definition) is 4. The summed E-state index contributed by atoms with van der Waals surface area (Å²) in [6.07, 6.45) is 1.22. The lowest BCUT2D eigenvalue weighted by Gasteiger charge is -2.26. The number of nitrogens with one attached hydrogen (secondary N) is 1. The quantitative estimate of drug-likeness (QED) is 0.724. The SMILES string of the molecule is CCOc1ccc(CCC(=O)NCc2ccc(CN3CCOCC3)cc2)cc1. The molecule has 1 heterocycles. The fourth-order valence-electron chi connectivity index (χ4n) is 3.25. The normalized spacial score (nSPS) is 14.6. The molecule has 28 heavy (non-hydrogen) atoms. The third-order valence-electron chi connectivity index (χ3n) is 4.90. The molecule has 0 saturated carbocycles. The molecule has 0 radical (unpaired) electrons. The zero-order chi connectivity index (χ0) is 19.6. The Labute approximate surface area is 167 Å². The summed E-state index contributed by atoms with van der Waals surface area (Å²) in [5.41, 5.74) is 3.57. The summed E-state index contributed by atoms with van der Waals surface area (Å²) < 4.78 is 10.8. The van der Waals surface area contributed by atoms with Crippen LogP contribution in [0.2, 0.25) is 0 Å². The van der Waals surface area contributed by atoms with Gasteiger partial charge in [-0.15, -0.1) is 0 Å². The third kappa shape index (κ3) is 6.66. The van der Waals surface area contributed by atoms with E-state index in [0.29, 0.717) is 19.6 Å². The second-order valence-electron chi connectivity index (χ2n) is 7.06. The highest BCUT2D eigenvalue weighted by atomic mass is 16.5. The van der Waals surface area contributed by atoms with Crippen LogP contribution in [0.15, 0.2) is 48.5 Å². The van der Waals surface area contributed by atoms with Gasteiger partial charge in [0.05, 0.1) is 19.8 Å². The summed E-state index contributed by atoms with van der Waals surface area (Å²) in [7, 11) is 0. The Bertz CT molecular complexity index is 723. The first-order valence-corrected chi connectivity index (χ1v) is 10.1. The van der Waals surface area contributed by atoms with Gasteiger partial charge in [0, 0.05) is 32.6 Å². The van der Waals surface area contributed by atoms with Crippen molar-refractivity contribution in [1.29, 1.82) is 0 Å². The zero-order valence-electron chi connectivity index (χ0n) is 16.7. The topological polar surface area (TPSA) is 50.8 Å². The van der Waals surface area contributed by atoms with Crippen molar-refractivity contribution in [3.8, 4) is 5.75 Å². The van der Waals surface area contributed by atoms with Crippen molar-refractivity contribution in [3.63, 3.8) is 0 Å². The average molecular weight is 383 g/mol. The van der Waals surface area contributed by atoms with Gasteiger partial charge in [-0.2, -0.15) is 0 Å². The van der Waals surface area contributed by atoms with Gasteiger partial charge in [0.15, 0.2) is 0 Å². The van der Waals surface area contributed by atoms with E-state index >= 15 is 0 Å². The van der Waals surface area contributed by atoms with Gasteiger partial charge >= 0.3 is 0 Å². The van der Waals surface area contributed by atoms with Crippen molar-refractivity contribution < 1.29 is 14.3 Å². The molecule has 0 aliphatic carbocycles. The maximum atomic E-state index is 12.1. The van der Waals surface area contributed by atoms with Gasteiger partial charge in [-0.1, -0.05) is 36.4 Å². The molecule has 1 amide bonds. The Morgan fingerprint density at radius 3 is 2.32 bits per heavy atom. The summed E-state index contributed by atoms with van der Waals surface area (Å²) in [6.45, 7) is 7.78. The summed E-state index contributed by atoms with van der Waals surface area (Å²) in [5, 5.41) is 3.01. The molecule has 3 rings (SSSR count). The van der Waals surface area contributed by atoms with Gasteiger partial charge in [-0.05, 0) is 42.2 Å². The molecule has 5 nitrogen and oxygen atoms in total. The molecule has 1 saturated heterocycles. The molecule has 150 valence electrons. The van der Waals surface area contributed by atoms with Crippen LogP contribution in [0.1, 0.15) is 30.0 Å². The maximum absolute atomic E-state index is 12.1. The average Bonchev–Trinajstić information content (AvgIpc) is 2.74. The molecule has 0 bridgehead atoms. The molecular formula is C23H30N2O3. The summed E-state index contributed by atoms with van der Waals surface area (Å²) in [6, 6.07) is 16.4. The van der Waals surface area contributed by atoms with Crippen LogP contribution in [0.5, 0.6) is 5.75 Å². The monoisotopic (exact) mass is 382 g/mol. The smallest absolute Gasteiger partial charge is 0.220 e. The van der Waals surface area contributed by atoms with E-state index in [2.05, 4.69) is 34.5 Å². The van der Waals surface area contributed by atoms with E-state index in [1.165, 1.54) is 5.56 Å². The maximum Gasteiger partial charge on any atom is 0.220 e. The van der Waals surface area contributed by atoms with E-state index in [0.717, 1.165) is 56.1 Å². The number of nitrogens with zero attached hydrogens (tertiary/aromatic N) is 1. The lowest BCUT2D eigenvalue weighted by atomic mass is 10.1. The third-order valence-corrected chi connectivity index (χ3v) is 4.90. The Hall–Kier alpha value is -2.37. The summed E-state index contributed by atoms with van der Waals surface area (Å²) >= 11 is 0. The van der Waals surface area contributed by atoms with Crippen molar-refractivity contribution in [2.24, 2.45) is 0 Å². The van der Waals surface area contributed by atoms with Crippen LogP contribution in [0.3, 0.4) is 0 Å². The highest BCUT2D eigenvalue weighted by Gasteiger charge is 2.10. The minimum atomic E-state index is 0.0753. The number of hydrogen-bond donors (Lipinski definition) is 1. The van der Waals surface area contributed by atoms with E-state index in [4.69, 9.17) is 9.47 Å². The van der Waals surface area contributed by atoms with Gasteiger partial charge in [-0.25, -0.2) is 0 Å². The molecule has 1 N–H and O–H groups in total. The van der Waals surface area contributed by atoms with Crippen molar-refractivity contribution in [3.05, 3.63) is 65.2 Å². The second kappa shape index (κ2) is 10.8. The van der Waals surface area contributed by atoms with Crippen molar-refractivity contribution in [2.75, 3.05) is 32.9 Å². The lowest BCUT2D eigenvalue weighted by molar-refractivity contribution is -0.121. The number of morpholine rings is 1. The van der Waals surface area contributed by atoms with E-state index in [1.807, 2.05) is 31.2 Å². The van der Waals surface area contributed by atoms with E-state index in [1.54, 1.807) is 0 Å². The number of rotatable bonds is 9. The number of ether oxygens (including phenoxy) is 2. The van der Waals surface area contributed by atoms with Crippen LogP contribution in [-0.2, 0) is 29.0 Å².